The minimum Gasteiger partial charge on any atom is -0.381 e. The van der Waals surface area contributed by atoms with Crippen LogP contribution in [-0.4, -0.2) is 19.1 Å². The molecule has 0 N–H and O–H groups in total. The lowest BCUT2D eigenvalue weighted by Gasteiger charge is -2.41. The van der Waals surface area contributed by atoms with Gasteiger partial charge in [-0.25, -0.2) is 0 Å². The summed E-state index contributed by atoms with van der Waals surface area (Å²) >= 11 is 6.11. The van der Waals surface area contributed by atoms with Crippen LogP contribution in [-0.2, 0) is 4.74 Å². The van der Waals surface area contributed by atoms with E-state index in [1.54, 1.807) is 0 Å². The fraction of sp³-hybridized carbons (Fsp3) is 1.00. The zero-order valence-electron chi connectivity index (χ0n) is 8.81. The Hall–Kier alpha value is 0.250. The maximum atomic E-state index is 6.11. The summed E-state index contributed by atoms with van der Waals surface area (Å²) in [5.74, 6) is 1.50. The van der Waals surface area contributed by atoms with Gasteiger partial charge in [-0.1, -0.05) is 26.7 Å². The molecule has 78 valence electrons. The van der Waals surface area contributed by atoms with Gasteiger partial charge >= 0.3 is 0 Å². The lowest BCUT2D eigenvalue weighted by Crippen LogP contribution is -2.40. The van der Waals surface area contributed by atoms with Crippen molar-refractivity contribution in [1.82, 2.24) is 0 Å². The van der Waals surface area contributed by atoms with E-state index in [2.05, 4.69) is 13.8 Å². The van der Waals surface area contributed by atoms with Gasteiger partial charge in [0.2, 0.25) is 0 Å². The highest BCUT2D eigenvalue weighted by molar-refractivity contribution is 6.18. The lowest BCUT2D eigenvalue weighted by atomic mass is 9.71. The molecule has 1 aliphatic heterocycles. The van der Waals surface area contributed by atoms with Crippen molar-refractivity contribution in [3.05, 3.63) is 0 Å². The molecule has 1 nitrogen and oxygen atoms in total. The molecule has 1 aliphatic rings. The van der Waals surface area contributed by atoms with E-state index in [9.17, 15) is 0 Å². The molecule has 0 aromatic heterocycles. The molecule has 1 atom stereocenters. The van der Waals surface area contributed by atoms with Crippen molar-refractivity contribution in [1.29, 1.82) is 0 Å². The van der Waals surface area contributed by atoms with Crippen molar-refractivity contribution in [3.8, 4) is 0 Å². The van der Waals surface area contributed by atoms with E-state index < -0.39 is 0 Å². The minimum atomic E-state index is 0.281. The molecule has 0 aromatic carbocycles. The molecular weight excluding hydrogens is 184 g/mol. The predicted octanol–water partition coefficient (Wildman–Crippen LogP) is 3.46. The number of rotatable bonds is 4. The van der Waals surface area contributed by atoms with Crippen LogP contribution in [0.3, 0.4) is 0 Å². The number of hydrogen-bond donors (Lipinski definition) is 0. The van der Waals surface area contributed by atoms with Gasteiger partial charge in [-0.05, 0) is 18.8 Å². The number of halogens is 1. The summed E-state index contributed by atoms with van der Waals surface area (Å²) < 4.78 is 5.58. The fourth-order valence-electron chi connectivity index (χ4n) is 2.57. The first-order valence-electron chi connectivity index (χ1n) is 5.42. The van der Waals surface area contributed by atoms with E-state index in [-0.39, 0.29) is 5.41 Å². The van der Waals surface area contributed by atoms with Crippen LogP contribution in [0.5, 0.6) is 0 Å². The molecule has 0 saturated carbocycles. The van der Waals surface area contributed by atoms with Gasteiger partial charge in [-0.2, -0.15) is 0 Å². The SMILES string of the molecule is CCC(CC)C1(CCl)CCCOC1. The normalized spacial score (nSPS) is 29.5. The van der Waals surface area contributed by atoms with Gasteiger partial charge < -0.3 is 4.74 Å². The van der Waals surface area contributed by atoms with Crippen molar-refractivity contribution in [2.24, 2.45) is 11.3 Å². The molecule has 0 spiro atoms. The second kappa shape index (κ2) is 5.21. The summed E-state index contributed by atoms with van der Waals surface area (Å²) in [5.41, 5.74) is 0.281. The Bertz CT molecular complexity index is 137. The average Bonchev–Trinajstić information content (AvgIpc) is 2.21. The van der Waals surface area contributed by atoms with Crippen molar-refractivity contribution in [3.63, 3.8) is 0 Å². The molecule has 2 heteroatoms. The Labute approximate surface area is 86.8 Å². The third-order valence-electron chi connectivity index (χ3n) is 3.47. The summed E-state index contributed by atoms with van der Waals surface area (Å²) in [4.78, 5) is 0. The lowest BCUT2D eigenvalue weighted by molar-refractivity contribution is -0.0310. The summed E-state index contributed by atoms with van der Waals surface area (Å²) in [7, 11) is 0. The first kappa shape index (κ1) is 11.3. The quantitative estimate of drug-likeness (QED) is 0.638. The van der Waals surface area contributed by atoms with Crippen LogP contribution < -0.4 is 0 Å². The van der Waals surface area contributed by atoms with Gasteiger partial charge in [0.15, 0.2) is 0 Å². The van der Waals surface area contributed by atoms with E-state index in [0.29, 0.717) is 0 Å². The number of ether oxygens (including phenoxy) is 1. The monoisotopic (exact) mass is 204 g/mol. The van der Waals surface area contributed by atoms with Crippen molar-refractivity contribution < 1.29 is 4.74 Å². The molecule has 13 heavy (non-hydrogen) atoms. The van der Waals surface area contributed by atoms with Gasteiger partial charge in [-0.15, -0.1) is 11.6 Å². The van der Waals surface area contributed by atoms with Crippen LogP contribution >= 0.6 is 11.6 Å². The highest BCUT2D eigenvalue weighted by Gasteiger charge is 2.37. The van der Waals surface area contributed by atoms with Crippen LogP contribution in [0.25, 0.3) is 0 Å². The smallest absolute Gasteiger partial charge is 0.0536 e. The number of alkyl halides is 1. The molecule has 0 aliphatic carbocycles. The third-order valence-corrected chi connectivity index (χ3v) is 4.00. The van der Waals surface area contributed by atoms with E-state index in [4.69, 9.17) is 16.3 Å². The van der Waals surface area contributed by atoms with E-state index in [0.717, 1.165) is 25.0 Å². The van der Waals surface area contributed by atoms with Crippen LogP contribution in [0.1, 0.15) is 39.5 Å². The largest absolute Gasteiger partial charge is 0.381 e. The summed E-state index contributed by atoms with van der Waals surface area (Å²) in [6, 6.07) is 0. The summed E-state index contributed by atoms with van der Waals surface area (Å²) in [5, 5.41) is 0. The number of hydrogen-bond acceptors (Lipinski definition) is 1. The maximum Gasteiger partial charge on any atom is 0.0536 e. The van der Waals surface area contributed by atoms with Crippen molar-refractivity contribution in [2.75, 3.05) is 19.1 Å². The first-order chi connectivity index (χ1) is 6.29. The molecule has 1 rings (SSSR count). The van der Waals surface area contributed by atoms with Crippen molar-refractivity contribution in [2.45, 2.75) is 39.5 Å². The average molecular weight is 205 g/mol. The maximum absolute atomic E-state index is 6.11. The molecule has 1 heterocycles. The Kier molecular flexibility index (Phi) is 4.54. The Morgan fingerprint density at radius 2 is 2.08 bits per heavy atom. The molecular formula is C11H21ClO. The zero-order chi connectivity index (χ0) is 9.73. The van der Waals surface area contributed by atoms with Gasteiger partial charge in [-0.3, -0.25) is 0 Å². The second-order valence-electron chi connectivity index (χ2n) is 4.17. The van der Waals surface area contributed by atoms with Gasteiger partial charge in [0, 0.05) is 17.9 Å². The molecule has 0 amide bonds. The van der Waals surface area contributed by atoms with E-state index >= 15 is 0 Å². The summed E-state index contributed by atoms with van der Waals surface area (Å²) in [6.45, 7) is 6.33. The van der Waals surface area contributed by atoms with E-state index in [1.165, 1.54) is 25.7 Å². The van der Waals surface area contributed by atoms with Crippen LogP contribution in [0.15, 0.2) is 0 Å². The first-order valence-corrected chi connectivity index (χ1v) is 5.96. The second-order valence-corrected chi connectivity index (χ2v) is 4.43. The topological polar surface area (TPSA) is 9.23 Å². The van der Waals surface area contributed by atoms with Gasteiger partial charge in [0.25, 0.3) is 0 Å². The highest BCUT2D eigenvalue weighted by Crippen LogP contribution is 2.40. The molecule has 0 aromatic rings. The molecule has 1 unspecified atom stereocenters. The zero-order valence-corrected chi connectivity index (χ0v) is 9.57. The Balaban J connectivity index is 2.64. The van der Waals surface area contributed by atoms with Crippen LogP contribution in [0.4, 0.5) is 0 Å². The third kappa shape index (κ3) is 2.38. The highest BCUT2D eigenvalue weighted by atomic mass is 35.5. The van der Waals surface area contributed by atoms with Crippen LogP contribution in [0, 0.1) is 11.3 Å². The van der Waals surface area contributed by atoms with Crippen LogP contribution in [0.2, 0.25) is 0 Å². The standard InChI is InChI=1S/C11H21ClO/c1-3-10(4-2)11(8-12)6-5-7-13-9-11/h10H,3-9H2,1-2H3. The Morgan fingerprint density at radius 1 is 1.38 bits per heavy atom. The molecule has 1 fully saturated rings. The fourth-order valence-corrected chi connectivity index (χ4v) is 2.99. The summed E-state index contributed by atoms with van der Waals surface area (Å²) in [6.07, 6.45) is 4.89. The van der Waals surface area contributed by atoms with Gasteiger partial charge in [0.1, 0.15) is 0 Å². The van der Waals surface area contributed by atoms with E-state index in [1.807, 2.05) is 0 Å². The van der Waals surface area contributed by atoms with Crippen molar-refractivity contribution >= 4 is 11.6 Å². The Morgan fingerprint density at radius 3 is 2.46 bits per heavy atom. The van der Waals surface area contributed by atoms with Gasteiger partial charge in [0.05, 0.1) is 6.61 Å². The molecule has 0 bridgehead atoms. The molecule has 1 saturated heterocycles. The molecule has 0 radical (unpaired) electrons. The predicted molar refractivity (Wildman–Crippen MR) is 57.3 cm³/mol. The minimum absolute atomic E-state index is 0.281.